The van der Waals surface area contributed by atoms with Gasteiger partial charge in [0.15, 0.2) is 0 Å². The number of nitrogens with one attached hydrogen (secondary N) is 1. The van der Waals surface area contributed by atoms with Crippen LogP contribution in [0.2, 0.25) is 5.02 Å². The fraction of sp³-hybridized carbons (Fsp3) is 0.467. The summed E-state index contributed by atoms with van der Waals surface area (Å²) < 4.78 is 5.06. The van der Waals surface area contributed by atoms with E-state index < -0.39 is 23.7 Å². The largest absolute Gasteiger partial charge is 0.480 e. The highest BCUT2D eigenvalue weighted by molar-refractivity contribution is 6.30. The molecule has 0 heterocycles. The Kier molecular flexibility index (Phi) is 6.03. The maximum absolute atomic E-state index is 11.6. The van der Waals surface area contributed by atoms with Crippen LogP contribution in [-0.4, -0.2) is 28.8 Å². The van der Waals surface area contributed by atoms with Crippen molar-refractivity contribution >= 4 is 23.7 Å². The molecule has 1 rings (SSSR count). The zero-order valence-corrected chi connectivity index (χ0v) is 13.1. The lowest BCUT2D eigenvalue weighted by Gasteiger charge is -2.22. The van der Waals surface area contributed by atoms with Gasteiger partial charge in [-0.05, 0) is 51.3 Å². The SMILES string of the molecule is CC(C)(C)OC(=O)N[C@@H](CCc1cccc(Cl)c1)C(=O)O. The maximum atomic E-state index is 11.6. The lowest BCUT2D eigenvalue weighted by atomic mass is 10.1. The van der Waals surface area contributed by atoms with E-state index in [2.05, 4.69) is 5.32 Å². The van der Waals surface area contributed by atoms with Gasteiger partial charge in [-0.15, -0.1) is 0 Å². The number of rotatable bonds is 5. The van der Waals surface area contributed by atoms with Crippen molar-refractivity contribution in [3.8, 4) is 0 Å². The number of aliphatic carboxylic acids is 1. The molecule has 0 unspecified atom stereocenters. The number of hydrogen-bond donors (Lipinski definition) is 2. The van der Waals surface area contributed by atoms with E-state index in [1.54, 1.807) is 39.0 Å². The number of carboxylic acid groups (broad SMARTS) is 1. The van der Waals surface area contributed by atoms with Crippen LogP contribution in [-0.2, 0) is 16.0 Å². The Bertz CT molecular complexity index is 511. The van der Waals surface area contributed by atoms with Crippen LogP contribution in [0.1, 0.15) is 32.8 Å². The predicted octanol–water partition coefficient (Wildman–Crippen LogP) is 3.25. The van der Waals surface area contributed by atoms with E-state index in [4.69, 9.17) is 21.4 Å². The summed E-state index contributed by atoms with van der Waals surface area (Å²) in [5.74, 6) is -1.09. The highest BCUT2D eigenvalue weighted by Crippen LogP contribution is 2.13. The Morgan fingerprint density at radius 3 is 2.57 bits per heavy atom. The average molecular weight is 314 g/mol. The molecule has 1 amide bonds. The second-order valence-electron chi connectivity index (χ2n) is 5.71. The second-order valence-corrected chi connectivity index (χ2v) is 6.14. The first-order valence-electron chi connectivity index (χ1n) is 6.64. The number of alkyl carbamates (subject to hydrolysis) is 1. The molecule has 0 fully saturated rings. The number of ether oxygens (including phenoxy) is 1. The zero-order valence-electron chi connectivity index (χ0n) is 12.4. The Balaban J connectivity index is 2.58. The molecule has 0 saturated carbocycles. The Morgan fingerprint density at radius 1 is 1.38 bits per heavy atom. The van der Waals surface area contributed by atoms with Gasteiger partial charge >= 0.3 is 12.1 Å². The van der Waals surface area contributed by atoms with Crippen molar-refractivity contribution in [2.75, 3.05) is 0 Å². The molecule has 21 heavy (non-hydrogen) atoms. The van der Waals surface area contributed by atoms with E-state index in [0.29, 0.717) is 11.4 Å². The lowest BCUT2D eigenvalue weighted by Crippen LogP contribution is -2.43. The maximum Gasteiger partial charge on any atom is 0.408 e. The van der Waals surface area contributed by atoms with Gasteiger partial charge < -0.3 is 15.2 Å². The molecule has 0 bridgehead atoms. The molecular formula is C15H20ClNO4. The standard InChI is InChI=1S/C15H20ClNO4/c1-15(2,3)21-14(20)17-12(13(18)19)8-7-10-5-4-6-11(16)9-10/h4-6,9,12H,7-8H2,1-3H3,(H,17,20)(H,18,19)/t12-/m0/s1. The van der Waals surface area contributed by atoms with Crippen molar-refractivity contribution < 1.29 is 19.4 Å². The first-order chi connectivity index (χ1) is 9.67. The van der Waals surface area contributed by atoms with Gasteiger partial charge in [-0.3, -0.25) is 0 Å². The molecule has 0 aromatic heterocycles. The molecule has 0 spiro atoms. The lowest BCUT2D eigenvalue weighted by molar-refractivity contribution is -0.139. The number of carboxylic acids is 1. The van der Waals surface area contributed by atoms with Gasteiger partial charge in [0.1, 0.15) is 11.6 Å². The van der Waals surface area contributed by atoms with Crippen LogP contribution < -0.4 is 5.32 Å². The number of carbonyl (C=O) groups excluding carboxylic acids is 1. The van der Waals surface area contributed by atoms with Crippen molar-refractivity contribution in [2.45, 2.75) is 45.3 Å². The Morgan fingerprint density at radius 2 is 2.05 bits per heavy atom. The minimum Gasteiger partial charge on any atom is -0.480 e. The van der Waals surface area contributed by atoms with E-state index in [1.165, 1.54) is 0 Å². The van der Waals surface area contributed by atoms with Crippen molar-refractivity contribution in [1.29, 1.82) is 0 Å². The van der Waals surface area contributed by atoms with Gasteiger partial charge in [0.25, 0.3) is 0 Å². The summed E-state index contributed by atoms with van der Waals surface area (Å²) in [5, 5.41) is 12.1. The third-order valence-electron chi connectivity index (χ3n) is 2.60. The molecule has 116 valence electrons. The van der Waals surface area contributed by atoms with Gasteiger partial charge in [-0.1, -0.05) is 23.7 Å². The molecule has 0 radical (unpaired) electrons. The molecule has 0 aliphatic carbocycles. The molecule has 2 N–H and O–H groups in total. The molecule has 1 aromatic carbocycles. The number of aryl methyl sites for hydroxylation is 1. The van der Waals surface area contributed by atoms with Gasteiger partial charge in [0.05, 0.1) is 0 Å². The van der Waals surface area contributed by atoms with Crippen molar-refractivity contribution in [1.82, 2.24) is 5.32 Å². The van der Waals surface area contributed by atoms with E-state index >= 15 is 0 Å². The smallest absolute Gasteiger partial charge is 0.408 e. The molecular weight excluding hydrogens is 294 g/mol. The molecule has 0 aliphatic heterocycles. The minimum atomic E-state index is -1.09. The number of hydrogen-bond acceptors (Lipinski definition) is 3. The normalized spacial score (nSPS) is 12.6. The van der Waals surface area contributed by atoms with E-state index in [-0.39, 0.29) is 6.42 Å². The van der Waals surface area contributed by atoms with Crippen molar-refractivity contribution in [2.24, 2.45) is 0 Å². The summed E-state index contributed by atoms with van der Waals surface area (Å²) in [4.78, 5) is 22.8. The van der Waals surface area contributed by atoms with Gasteiger partial charge in [-0.2, -0.15) is 0 Å². The molecule has 0 saturated heterocycles. The summed E-state index contributed by atoms with van der Waals surface area (Å²) >= 11 is 5.87. The van der Waals surface area contributed by atoms with Crippen LogP contribution in [0.4, 0.5) is 4.79 Å². The Labute approximate surface area is 129 Å². The van der Waals surface area contributed by atoms with Crippen LogP contribution in [0.15, 0.2) is 24.3 Å². The van der Waals surface area contributed by atoms with E-state index in [0.717, 1.165) is 5.56 Å². The third kappa shape index (κ3) is 6.99. The quantitative estimate of drug-likeness (QED) is 0.875. The predicted molar refractivity (Wildman–Crippen MR) is 80.6 cm³/mol. The molecule has 5 nitrogen and oxygen atoms in total. The summed E-state index contributed by atoms with van der Waals surface area (Å²) in [6.07, 6.45) is 0.0170. The van der Waals surface area contributed by atoms with E-state index in [1.807, 2.05) is 6.07 Å². The van der Waals surface area contributed by atoms with Crippen LogP contribution in [0.3, 0.4) is 0 Å². The monoisotopic (exact) mass is 313 g/mol. The molecule has 1 atom stereocenters. The minimum absolute atomic E-state index is 0.259. The first kappa shape index (κ1) is 17.3. The fourth-order valence-corrected chi connectivity index (χ4v) is 1.92. The highest BCUT2D eigenvalue weighted by Gasteiger charge is 2.23. The number of halogens is 1. The van der Waals surface area contributed by atoms with Gasteiger partial charge in [0, 0.05) is 5.02 Å². The molecule has 0 aliphatic rings. The number of benzene rings is 1. The Hall–Kier alpha value is -1.75. The highest BCUT2D eigenvalue weighted by atomic mass is 35.5. The average Bonchev–Trinajstić information content (AvgIpc) is 2.32. The summed E-state index contributed by atoms with van der Waals surface area (Å²) in [6, 6.07) is 6.18. The zero-order chi connectivity index (χ0) is 16.0. The topological polar surface area (TPSA) is 75.6 Å². The third-order valence-corrected chi connectivity index (χ3v) is 2.83. The van der Waals surface area contributed by atoms with Crippen LogP contribution >= 0.6 is 11.6 Å². The molecule has 1 aromatic rings. The summed E-state index contributed by atoms with van der Waals surface area (Å²) in [7, 11) is 0. The van der Waals surface area contributed by atoms with Crippen LogP contribution in [0.5, 0.6) is 0 Å². The van der Waals surface area contributed by atoms with Gasteiger partial charge in [-0.25, -0.2) is 9.59 Å². The molecule has 6 heteroatoms. The second kappa shape index (κ2) is 7.31. The van der Waals surface area contributed by atoms with Crippen LogP contribution in [0.25, 0.3) is 0 Å². The van der Waals surface area contributed by atoms with Crippen molar-refractivity contribution in [3.05, 3.63) is 34.9 Å². The van der Waals surface area contributed by atoms with Crippen LogP contribution in [0, 0.1) is 0 Å². The summed E-state index contributed by atoms with van der Waals surface area (Å²) in [5.41, 5.74) is 0.250. The van der Waals surface area contributed by atoms with Crippen molar-refractivity contribution in [3.63, 3.8) is 0 Å². The van der Waals surface area contributed by atoms with Gasteiger partial charge in [0.2, 0.25) is 0 Å². The number of carbonyl (C=O) groups is 2. The van der Waals surface area contributed by atoms with E-state index in [9.17, 15) is 9.59 Å². The summed E-state index contributed by atoms with van der Waals surface area (Å²) in [6.45, 7) is 5.15. The number of amides is 1. The first-order valence-corrected chi connectivity index (χ1v) is 7.02. The fourth-order valence-electron chi connectivity index (χ4n) is 1.71.